The standard InChI is InChI=1S/C15H10F6O2/c16-14(17,18)11-6-9(8-22)5-10(7-11)12-3-1-2-4-13(12)23-15(19,20)21/h1-7,22H,8H2. The molecule has 2 nitrogen and oxygen atoms in total. The van der Waals surface area contributed by atoms with Crippen LogP contribution < -0.4 is 4.74 Å². The Kier molecular flexibility index (Phi) is 4.56. The van der Waals surface area contributed by atoms with Crippen molar-refractivity contribution < 1.29 is 36.2 Å². The zero-order chi connectivity index (χ0) is 17.3. The molecule has 0 aliphatic rings. The van der Waals surface area contributed by atoms with E-state index in [2.05, 4.69) is 4.74 Å². The van der Waals surface area contributed by atoms with E-state index in [1.165, 1.54) is 24.3 Å². The summed E-state index contributed by atoms with van der Waals surface area (Å²) in [5.74, 6) is -0.622. The van der Waals surface area contributed by atoms with Gasteiger partial charge in [0.05, 0.1) is 12.2 Å². The molecule has 1 N–H and O–H groups in total. The minimum absolute atomic E-state index is 0.0726. The van der Waals surface area contributed by atoms with Gasteiger partial charge in [0.2, 0.25) is 0 Å². The second-order valence-corrected chi connectivity index (χ2v) is 4.62. The molecule has 23 heavy (non-hydrogen) atoms. The number of hydrogen-bond donors (Lipinski definition) is 1. The van der Waals surface area contributed by atoms with E-state index in [-0.39, 0.29) is 16.7 Å². The molecule has 2 aromatic carbocycles. The number of para-hydroxylation sites is 1. The molecule has 0 aromatic heterocycles. The third-order valence-electron chi connectivity index (χ3n) is 2.93. The second kappa shape index (κ2) is 6.11. The van der Waals surface area contributed by atoms with Crippen LogP contribution in [0.1, 0.15) is 11.1 Å². The first-order valence-corrected chi connectivity index (χ1v) is 6.27. The monoisotopic (exact) mass is 336 g/mol. The highest BCUT2D eigenvalue weighted by Crippen LogP contribution is 2.38. The Morgan fingerprint density at radius 3 is 2.13 bits per heavy atom. The quantitative estimate of drug-likeness (QED) is 0.819. The summed E-state index contributed by atoms with van der Waals surface area (Å²) in [6.45, 7) is -0.681. The van der Waals surface area contributed by atoms with Crippen molar-refractivity contribution in [2.75, 3.05) is 0 Å². The minimum atomic E-state index is -4.97. The Bertz CT molecular complexity index is 691. The molecule has 0 spiro atoms. The molecule has 8 heteroatoms. The highest BCUT2D eigenvalue weighted by atomic mass is 19.4. The van der Waals surface area contributed by atoms with Crippen molar-refractivity contribution in [3.05, 3.63) is 53.6 Å². The Labute approximate surface area is 126 Å². The predicted octanol–water partition coefficient (Wildman–Crippen LogP) is 4.76. The number of aliphatic hydroxyl groups is 1. The highest BCUT2D eigenvalue weighted by molar-refractivity contribution is 5.71. The summed E-state index contributed by atoms with van der Waals surface area (Å²) in [6, 6.07) is 7.46. The fourth-order valence-corrected chi connectivity index (χ4v) is 2.02. The van der Waals surface area contributed by atoms with Gasteiger partial charge in [0.1, 0.15) is 5.75 Å². The summed E-state index contributed by atoms with van der Waals surface area (Å²) in [6.07, 6.45) is -9.67. The molecule has 0 aliphatic heterocycles. The van der Waals surface area contributed by atoms with Gasteiger partial charge in [-0.05, 0) is 35.4 Å². The Balaban J connectivity index is 2.58. The fraction of sp³-hybridized carbons (Fsp3) is 0.200. The zero-order valence-corrected chi connectivity index (χ0v) is 11.4. The zero-order valence-electron chi connectivity index (χ0n) is 11.4. The van der Waals surface area contributed by atoms with Crippen LogP contribution in [0.2, 0.25) is 0 Å². The molecule has 0 bridgehead atoms. The number of rotatable bonds is 3. The van der Waals surface area contributed by atoms with Crippen LogP contribution in [0.25, 0.3) is 11.1 Å². The van der Waals surface area contributed by atoms with Gasteiger partial charge in [0, 0.05) is 5.56 Å². The van der Waals surface area contributed by atoms with Crippen LogP contribution in [0.15, 0.2) is 42.5 Å². The summed E-state index contributed by atoms with van der Waals surface area (Å²) in [5, 5.41) is 9.08. The van der Waals surface area contributed by atoms with E-state index in [4.69, 9.17) is 5.11 Å². The lowest BCUT2D eigenvalue weighted by Crippen LogP contribution is -2.17. The smallest absolute Gasteiger partial charge is 0.405 e. The second-order valence-electron chi connectivity index (χ2n) is 4.62. The van der Waals surface area contributed by atoms with E-state index in [9.17, 15) is 26.3 Å². The van der Waals surface area contributed by atoms with Crippen LogP contribution >= 0.6 is 0 Å². The summed E-state index contributed by atoms with van der Waals surface area (Å²) in [5.41, 5.74) is -1.44. The van der Waals surface area contributed by atoms with Crippen LogP contribution in [0.3, 0.4) is 0 Å². The van der Waals surface area contributed by atoms with E-state index < -0.39 is 30.5 Å². The van der Waals surface area contributed by atoms with Crippen molar-refractivity contribution in [2.24, 2.45) is 0 Å². The van der Waals surface area contributed by atoms with Gasteiger partial charge >= 0.3 is 12.5 Å². The van der Waals surface area contributed by atoms with E-state index in [0.29, 0.717) is 6.07 Å². The van der Waals surface area contributed by atoms with Crippen molar-refractivity contribution >= 4 is 0 Å². The van der Waals surface area contributed by atoms with E-state index in [1.54, 1.807) is 0 Å². The molecular weight excluding hydrogens is 326 g/mol. The molecule has 0 atom stereocenters. The SMILES string of the molecule is OCc1cc(-c2ccccc2OC(F)(F)F)cc(C(F)(F)F)c1. The average molecular weight is 336 g/mol. The van der Waals surface area contributed by atoms with Gasteiger partial charge in [-0.25, -0.2) is 0 Å². The van der Waals surface area contributed by atoms with E-state index in [1.807, 2.05) is 0 Å². The van der Waals surface area contributed by atoms with Crippen LogP contribution in [0.4, 0.5) is 26.3 Å². The molecule has 0 unspecified atom stereocenters. The molecule has 2 rings (SSSR count). The van der Waals surface area contributed by atoms with E-state index >= 15 is 0 Å². The molecule has 0 heterocycles. The Morgan fingerprint density at radius 1 is 0.913 bits per heavy atom. The molecule has 2 aromatic rings. The van der Waals surface area contributed by atoms with Gasteiger partial charge in [-0.15, -0.1) is 13.2 Å². The normalized spacial score (nSPS) is 12.3. The molecular formula is C15H10F6O2. The lowest BCUT2D eigenvalue weighted by molar-refractivity contribution is -0.274. The van der Waals surface area contributed by atoms with Gasteiger partial charge in [-0.2, -0.15) is 13.2 Å². The van der Waals surface area contributed by atoms with Crippen LogP contribution in [0, 0.1) is 0 Å². The minimum Gasteiger partial charge on any atom is -0.405 e. The largest absolute Gasteiger partial charge is 0.573 e. The molecule has 0 fully saturated rings. The summed E-state index contributed by atoms with van der Waals surface area (Å²) < 4.78 is 79.7. The lowest BCUT2D eigenvalue weighted by Gasteiger charge is -2.15. The van der Waals surface area contributed by atoms with Gasteiger partial charge in [-0.3, -0.25) is 0 Å². The number of halogens is 6. The molecule has 0 saturated heterocycles. The van der Waals surface area contributed by atoms with Gasteiger partial charge in [0.15, 0.2) is 0 Å². The first-order chi connectivity index (χ1) is 10.6. The first kappa shape index (κ1) is 17.1. The van der Waals surface area contributed by atoms with E-state index in [0.717, 1.165) is 12.1 Å². The summed E-state index contributed by atoms with van der Waals surface area (Å²) in [7, 11) is 0. The van der Waals surface area contributed by atoms with Crippen LogP contribution in [0.5, 0.6) is 5.75 Å². The number of hydrogen-bond acceptors (Lipinski definition) is 2. The van der Waals surface area contributed by atoms with Gasteiger partial charge in [0.25, 0.3) is 0 Å². The summed E-state index contributed by atoms with van der Waals surface area (Å²) in [4.78, 5) is 0. The molecule has 124 valence electrons. The maximum Gasteiger partial charge on any atom is 0.573 e. The number of benzene rings is 2. The van der Waals surface area contributed by atoms with Gasteiger partial charge in [-0.1, -0.05) is 18.2 Å². The Morgan fingerprint density at radius 2 is 1.57 bits per heavy atom. The number of ether oxygens (including phenoxy) is 1. The number of aliphatic hydroxyl groups excluding tert-OH is 1. The third kappa shape index (κ3) is 4.38. The average Bonchev–Trinajstić information content (AvgIpc) is 2.44. The third-order valence-corrected chi connectivity index (χ3v) is 2.93. The molecule has 0 aliphatic carbocycles. The fourth-order valence-electron chi connectivity index (χ4n) is 2.02. The Hall–Kier alpha value is -2.22. The van der Waals surface area contributed by atoms with Crippen molar-refractivity contribution in [3.8, 4) is 16.9 Å². The van der Waals surface area contributed by atoms with Gasteiger partial charge < -0.3 is 9.84 Å². The molecule has 0 amide bonds. The van der Waals surface area contributed by atoms with Crippen molar-refractivity contribution in [1.29, 1.82) is 0 Å². The maximum absolute atomic E-state index is 12.9. The summed E-state index contributed by atoms with van der Waals surface area (Å²) >= 11 is 0. The maximum atomic E-state index is 12.9. The molecule has 0 radical (unpaired) electrons. The van der Waals surface area contributed by atoms with Crippen LogP contribution in [-0.4, -0.2) is 11.5 Å². The topological polar surface area (TPSA) is 29.5 Å². The van der Waals surface area contributed by atoms with Crippen molar-refractivity contribution in [2.45, 2.75) is 19.1 Å². The predicted molar refractivity (Wildman–Crippen MR) is 69.5 cm³/mol. The first-order valence-electron chi connectivity index (χ1n) is 6.27. The number of alkyl halides is 6. The van der Waals surface area contributed by atoms with Crippen molar-refractivity contribution in [3.63, 3.8) is 0 Å². The van der Waals surface area contributed by atoms with Crippen LogP contribution in [-0.2, 0) is 12.8 Å². The highest BCUT2D eigenvalue weighted by Gasteiger charge is 2.33. The van der Waals surface area contributed by atoms with Crippen molar-refractivity contribution in [1.82, 2.24) is 0 Å². The molecule has 0 saturated carbocycles. The lowest BCUT2D eigenvalue weighted by atomic mass is 9.99.